The Morgan fingerprint density at radius 3 is 1.78 bits per heavy atom. The summed E-state index contributed by atoms with van der Waals surface area (Å²) in [6, 6.07) is 2.06. The third-order valence-electron chi connectivity index (χ3n) is 1.50. The minimum Gasteiger partial charge on any atom is -0.193 e. The van der Waals surface area contributed by atoms with Crippen LogP contribution in [0.25, 0.3) is 0 Å². The fourth-order valence-electron chi connectivity index (χ4n) is 0.562. The van der Waals surface area contributed by atoms with E-state index < -0.39 is 5.66 Å². The summed E-state index contributed by atoms with van der Waals surface area (Å²) in [5.74, 6) is 0. The van der Waals surface area contributed by atoms with E-state index in [-0.39, 0.29) is 5.41 Å². The van der Waals surface area contributed by atoms with Crippen molar-refractivity contribution in [3.63, 3.8) is 0 Å². The molecule has 0 atom stereocenters. The van der Waals surface area contributed by atoms with Crippen molar-refractivity contribution < 1.29 is 0 Å². The fraction of sp³-hybridized carbons (Fsp3) is 0.833. The zero-order valence-electron chi connectivity index (χ0n) is 5.84. The molecule has 0 saturated heterocycles. The number of hydrogen-bond acceptors (Lipinski definition) is 3. The van der Waals surface area contributed by atoms with Crippen LogP contribution in [0.15, 0.2) is 10.2 Å². The van der Waals surface area contributed by atoms with Crippen molar-refractivity contribution in [1.82, 2.24) is 0 Å². The van der Waals surface area contributed by atoms with Crippen molar-refractivity contribution in [2.24, 2.45) is 15.6 Å². The van der Waals surface area contributed by atoms with Crippen LogP contribution in [0.3, 0.4) is 0 Å². The maximum atomic E-state index is 8.55. The first-order chi connectivity index (χ1) is 4.02. The molecule has 1 heterocycles. The summed E-state index contributed by atoms with van der Waals surface area (Å²) in [5.41, 5.74) is -0.852. The normalized spacial score (nSPS) is 21.1. The van der Waals surface area contributed by atoms with Crippen LogP contribution in [-0.4, -0.2) is 5.66 Å². The predicted octanol–water partition coefficient (Wildman–Crippen LogP) is 1.72. The highest BCUT2D eigenvalue weighted by atomic mass is 15.4. The van der Waals surface area contributed by atoms with Crippen molar-refractivity contribution in [1.29, 1.82) is 5.26 Å². The van der Waals surface area contributed by atoms with Crippen LogP contribution < -0.4 is 0 Å². The lowest BCUT2D eigenvalue weighted by molar-refractivity contribution is 0.332. The van der Waals surface area contributed by atoms with Gasteiger partial charge in [0, 0.05) is 5.41 Å². The molecule has 0 fully saturated rings. The average molecular weight is 123 g/mol. The van der Waals surface area contributed by atoms with E-state index in [2.05, 4.69) is 16.3 Å². The van der Waals surface area contributed by atoms with Gasteiger partial charge in [-0.25, -0.2) is 0 Å². The third-order valence-corrected chi connectivity index (χ3v) is 1.50. The molecule has 1 aliphatic heterocycles. The molecule has 0 N–H and O–H groups in total. The highest BCUT2D eigenvalue weighted by Gasteiger charge is 2.51. The van der Waals surface area contributed by atoms with Crippen LogP contribution in [0.1, 0.15) is 20.8 Å². The molecule has 0 aromatic rings. The van der Waals surface area contributed by atoms with E-state index in [1.807, 2.05) is 20.8 Å². The van der Waals surface area contributed by atoms with Crippen molar-refractivity contribution in [2.75, 3.05) is 0 Å². The molecule has 48 valence electrons. The molecule has 0 saturated carbocycles. The highest BCUT2D eigenvalue weighted by Crippen LogP contribution is 2.43. The Balaban J connectivity index is 2.76. The minimum absolute atomic E-state index is 0.137. The van der Waals surface area contributed by atoms with Gasteiger partial charge < -0.3 is 0 Å². The monoisotopic (exact) mass is 123 g/mol. The first-order valence-corrected chi connectivity index (χ1v) is 2.87. The zero-order chi connectivity index (χ0) is 7.12. The molecule has 1 aliphatic rings. The fourth-order valence-corrected chi connectivity index (χ4v) is 0.562. The maximum Gasteiger partial charge on any atom is 0.279 e. The van der Waals surface area contributed by atoms with Crippen LogP contribution in [0.4, 0.5) is 0 Å². The van der Waals surface area contributed by atoms with Crippen LogP contribution >= 0.6 is 0 Å². The highest BCUT2D eigenvalue weighted by molar-refractivity contribution is 5.18. The van der Waals surface area contributed by atoms with Gasteiger partial charge in [-0.05, 0) is 0 Å². The molecule has 0 aliphatic carbocycles. The largest absolute Gasteiger partial charge is 0.279 e. The van der Waals surface area contributed by atoms with Crippen molar-refractivity contribution in [3.8, 4) is 6.07 Å². The minimum atomic E-state index is -0.715. The zero-order valence-corrected chi connectivity index (χ0v) is 5.84. The number of nitrogens with zero attached hydrogens (tertiary/aromatic N) is 3. The Kier molecular flexibility index (Phi) is 0.914. The van der Waals surface area contributed by atoms with E-state index in [0.29, 0.717) is 0 Å². The van der Waals surface area contributed by atoms with E-state index in [0.717, 1.165) is 0 Å². The van der Waals surface area contributed by atoms with Crippen molar-refractivity contribution >= 4 is 0 Å². The van der Waals surface area contributed by atoms with Gasteiger partial charge in [0.25, 0.3) is 5.66 Å². The molecule has 9 heavy (non-hydrogen) atoms. The Morgan fingerprint density at radius 2 is 1.78 bits per heavy atom. The Labute approximate surface area is 54.4 Å². The van der Waals surface area contributed by atoms with Gasteiger partial charge in [-0.2, -0.15) is 5.26 Å². The topological polar surface area (TPSA) is 48.5 Å². The lowest BCUT2D eigenvalue weighted by atomic mass is 9.85. The SMILES string of the molecule is CC(C)(C)C1(C#N)N=N1. The Hall–Kier alpha value is -0.910. The number of hydrogen-bond donors (Lipinski definition) is 0. The molecule has 0 spiro atoms. The number of rotatable bonds is 0. The summed E-state index contributed by atoms with van der Waals surface area (Å²) in [7, 11) is 0. The van der Waals surface area contributed by atoms with E-state index in [1.54, 1.807) is 0 Å². The van der Waals surface area contributed by atoms with Crippen LogP contribution in [0.5, 0.6) is 0 Å². The van der Waals surface area contributed by atoms with Gasteiger partial charge in [0.05, 0.1) is 0 Å². The summed E-state index contributed by atoms with van der Waals surface area (Å²) in [4.78, 5) is 0. The summed E-state index contributed by atoms with van der Waals surface area (Å²) in [6.45, 7) is 5.86. The molecule has 3 heteroatoms. The molecule has 0 aromatic carbocycles. The molecular formula is C6H9N3. The van der Waals surface area contributed by atoms with E-state index >= 15 is 0 Å². The second kappa shape index (κ2) is 1.32. The van der Waals surface area contributed by atoms with Gasteiger partial charge in [-0.3, -0.25) is 0 Å². The third kappa shape index (κ3) is 0.710. The van der Waals surface area contributed by atoms with Crippen LogP contribution in [0, 0.1) is 16.7 Å². The summed E-state index contributed by atoms with van der Waals surface area (Å²) < 4.78 is 0. The molecule has 0 amide bonds. The molecule has 0 radical (unpaired) electrons. The van der Waals surface area contributed by atoms with E-state index in [1.165, 1.54) is 0 Å². The van der Waals surface area contributed by atoms with Crippen LogP contribution in [-0.2, 0) is 0 Å². The van der Waals surface area contributed by atoms with Gasteiger partial charge >= 0.3 is 0 Å². The van der Waals surface area contributed by atoms with E-state index in [9.17, 15) is 0 Å². The number of nitriles is 1. The predicted molar refractivity (Wildman–Crippen MR) is 32.7 cm³/mol. The summed E-state index contributed by atoms with van der Waals surface area (Å²) in [5, 5.41) is 15.9. The van der Waals surface area contributed by atoms with Gasteiger partial charge in [-0.15, -0.1) is 10.2 Å². The maximum absolute atomic E-state index is 8.55. The summed E-state index contributed by atoms with van der Waals surface area (Å²) >= 11 is 0. The first-order valence-electron chi connectivity index (χ1n) is 2.87. The first kappa shape index (κ1) is 6.21. The second-order valence-electron chi connectivity index (χ2n) is 3.23. The van der Waals surface area contributed by atoms with Crippen LogP contribution in [0.2, 0.25) is 0 Å². The quantitative estimate of drug-likeness (QED) is 0.483. The molecule has 1 rings (SSSR count). The van der Waals surface area contributed by atoms with Gasteiger partial charge in [0.15, 0.2) is 0 Å². The Bertz CT molecular complexity index is 185. The van der Waals surface area contributed by atoms with Gasteiger partial charge in [-0.1, -0.05) is 20.8 Å². The molecule has 0 unspecified atom stereocenters. The van der Waals surface area contributed by atoms with Gasteiger partial charge in [0.1, 0.15) is 6.07 Å². The standard InChI is InChI=1S/C6H9N3/c1-5(2,3)6(4-7)8-9-6/h1-3H3. The summed E-state index contributed by atoms with van der Waals surface area (Å²) in [6.07, 6.45) is 0. The molecule has 0 bridgehead atoms. The van der Waals surface area contributed by atoms with Crippen molar-refractivity contribution in [2.45, 2.75) is 26.4 Å². The lowest BCUT2D eigenvalue weighted by Crippen LogP contribution is -2.27. The lowest BCUT2D eigenvalue weighted by Gasteiger charge is -2.18. The Morgan fingerprint density at radius 1 is 1.33 bits per heavy atom. The molecular weight excluding hydrogens is 114 g/mol. The van der Waals surface area contributed by atoms with Gasteiger partial charge in [0.2, 0.25) is 0 Å². The average Bonchev–Trinajstić information content (AvgIpc) is 2.40. The molecule has 0 aromatic heterocycles. The second-order valence-corrected chi connectivity index (χ2v) is 3.23. The van der Waals surface area contributed by atoms with E-state index in [4.69, 9.17) is 5.26 Å². The van der Waals surface area contributed by atoms with Crippen molar-refractivity contribution in [3.05, 3.63) is 0 Å². The smallest absolute Gasteiger partial charge is 0.193 e. The molecule has 3 nitrogen and oxygen atoms in total.